The standard InChI is InChI=1S/C10H5BrClN/c11-9-5-4-8(7-10(9)12)3-1-2-6-13/h4-5,7H,2H2. The van der Waals surface area contributed by atoms with E-state index in [0.29, 0.717) is 5.02 Å². The Balaban J connectivity index is 2.89. The van der Waals surface area contributed by atoms with Gasteiger partial charge in [-0.05, 0) is 34.1 Å². The molecule has 0 bridgehead atoms. The number of hydrogen-bond donors (Lipinski definition) is 0. The van der Waals surface area contributed by atoms with Gasteiger partial charge in [-0.3, -0.25) is 0 Å². The van der Waals surface area contributed by atoms with Gasteiger partial charge in [-0.25, -0.2) is 0 Å². The highest BCUT2D eigenvalue weighted by Gasteiger charge is 1.95. The van der Waals surface area contributed by atoms with E-state index in [-0.39, 0.29) is 6.42 Å². The van der Waals surface area contributed by atoms with Crippen LogP contribution in [-0.4, -0.2) is 0 Å². The van der Waals surface area contributed by atoms with Gasteiger partial charge in [0.25, 0.3) is 0 Å². The average Bonchev–Trinajstić information content (AvgIpc) is 2.12. The van der Waals surface area contributed by atoms with Gasteiger partial charge in [0.15, 0.2) is 0 Å². The summed E-state index contributed by atoms with van der Waals surface area (Å²) in [6, 6.07) is 7.39. The van der Waals surface area contributed by atoms with Crippen LogP contribution in [0.25, 0.3) is 0 Å². The zero-order valence-electron chi connectivity index (χ0n) is 6.64. The number of benzene rings is 1. The van der Waals surface area contributed by atoms with Crippen LogP contribution in [0.3, 0.4) is 0 Å². The van der Waals surface area contributed by atoms with Crippen molar-refractivity contribution >= 4 is 27.5 Å². The summed E-state index contributed by atoms with van der Waals surface area (Å²) in [4.78, 5) is 0. The zero-order valence-corrected chi connectivity index (χ0v) is 8.98. The molecule has 0 spiro atoms. The van der Waals surface area contributed by atoms with Gasteiger partial charge in [0.05, 0.1) is 17.5 Å². The summed E-state index contributed by atoms with van der Waals surface area (Å²) in [6.07, 6.45) is 0.244. The van der Waals surface area contributed by atoms with Crippen LogP contribution in [0, 0.1) is 23.2 Å². The number of halogens is 2. The Morgan fingerprint density at radius 3 is 2.85 bits per heavy atom. The first kappa shape index (κ1) is 10.1. The molecule has 0 aromatic heterocycles. The highest BCUT2D eigenvalue weighted by Crippen LogP contribution is 2.22. The summed E-state index contributed by atoms with van der Waals surface area (Å²) in [6.45, 7) is 0. The molecule has 0 amide bonds. The van der Waals surface area contributed by atoms with Crippen LogP contribution in [0.2, 0.25) is 5.02 Å². The minimum absolute atomic E-state index is 0.244. The molecule has 0 heterocycles. The largest absolute Gasteiger partial charge is 0.197 e. The monoisotopic (exact) mass is 253 g/mol. The molecule has 0 radical (unpaired) electrons. The van der Waals surface area contributed by atoms with Gasteiger partial charge < -0.3 is 0 Å². The maximum absolute atomic E-state index is 8.26. The lowest BCUT2D eigenvalue weighted by Gasteiger charge is -1.94. The van der Waals surface area contributed by atoms with Crippen molar-refractivity contribution in [1.29, 1.82) is 5.26 Å². The quantitative estimate of drug-likeness (QED) is 0.651. The van der Waals surface area contributed by atoms with Crippen LogP contribution < -0.4 is 0 Å². The van der Waals surface area contributed by atoms with Crippen LogP contribution in [0.15, 0.2) is 22.7 Å². The van der Waals surface area contributed by atoms with E-state index < -0.39 is 0 Å². The van der Waals surface area contributed by atoms with E-state index >= 15 is 0 Å². The fourth-order valence-corrected chi connectivity index (χ4v) is 1.19. The smallest absolute Gasteiger partial charge is 0.0966 e. The highest BCUT2D eigenvalue weighted by atomic mass is 79.9. The lowest BCUT2D eigenvalue weighted by Crippen LogP contribution is -1.75. The molecule has 3 heteroatoms. The molecule has 1 aromatic carbocycles. The van der Waals surface area contributed by atoms with Crippen molar-refractivity contribution in [3.8, 4) is 17.9 Å². The summed E-state index contributed by atoms with van der Waals surface area (Å²) in [5.41, 5.74) is 0.823. The van der Waals surface area contributed by atoms with Crippen molar-refractivity contribution < 1.29 is 0 Å². The summed E-state index contributed by atoms with van der Waals surface area (Å²) in [5, 5.41) is 8.89. The van der Waals surface area contributed by atoms with Crippen molar-refractivity contribution in [1.82, 2.24) is 0 Å². The summed E-state index contributed by atoms with van der Waals surface area (Å²) < 4.78 is 0.847. The topological polar surface area (TPSA) is 23.8 Å². The van der Waals surface area contributed by atoms with Crippen LogP contribution in [-0.2, 0) is 0 Å². The lowest BCUT2D eigenvalue weighted by atomic mass is 10.2. The predicted octanol–water partition coefficient (Wildman–Crippen LogP) is 3.37. The molecule has 1 rings (SSSR count). The van der Waals surface area contributed by atoms with Crippen LogP contribution in [0.5, 0.6) is 0 Å². The molecule has 0 saturated carbocycles. The van der Waals surface area contributed by atoms with Crippen LogP contribution in [0.1, 0.15) is 12.0 Å². The molecule has 0 fully saturated rings. The predicted molar refractivity (Wildman–Crippen MR) is 56.3 cm³/mol. The second kappa shape index (κ2) is 4.92. The minimum atomic E-state index is 0.244. The van der Waals surface area contributed by atoms with Crippen molar-refractivity contribution in [3.63, 3.8) is 0 Å². The first-order chi connectivity index (χ1) is 6.24. The van der Waals surface area contributed by atoms with Crippen LogP contribution >= 0.6 is 27.5 Å². The third-order valence-electron chi connectivity index (χ3n) is 1.32. The minimum Gasteiger partial charge on any atom is -0.197 e. The van der Waals surface area contributed by atoms with E-state index in [0.717, 1.165) is 10.0 Å². The van der Waals surface area contributed by atoms with Gasteiger partial charge in [0.2, 0.25) is 0 Å². The SMILES string of the molecule is N#CCC#Cc1ccc(Br)c(Cl)c1. The maximum atomic E-state index is 8.26. The number of nitrogens with zero attached hydrogens (tertiary/aromatic N) is 1. The normalized spacial score (nSPS) is 8.38. The first-order valence-corrected chi connectivity index (χ1v) is 4.72. The molecule has 1 nitrogen and oxygen atoms in total. The van der Waals surface area contributed by atoms with Crippen LogP contribution in [0.4, 0.5) is 0 Å². The molecular weight excluding hydrogens is 249 g/mol. The van der Waals surface area contributed by atoms with E-state index in [1.807, 2.05) is 18.2 Å². The van der Waals surface area contributed by atoms with Crippen molar-refractivity contribution in [2.45, 2.75) is 6.42 Å². The molecule has 0 aliphatic rings. The van der Waals surface area contributed by atoms with Crippen molar-refractivity contribution in [2.75, 3.05) is 0 Å². The van der Waals surface area contributed by atoms with Gasteiger partial charge in [-0.1, -0.05) is 23.4 Å². The van der Waals surface area contributed by atoms with E-state index in [4.69, 9.17) is 16.9 Å². The number of rotatable bonds is 0. The second-order valence-electron chi connectivity index (χ2n) is 2.27. The average molecular weight is 255 g/mol. The number of hydrogen-bond acceptors (Lipinski definition) is 1. The maximum Gasteiger partial charge on any atom is 0.0966 e. The lowest BCUT2D eigenvalue weighted by molar-refractivity contribution is 1.39. The van der Waals surface area contributed by atoms with E-state index in [2.05, 4.69) is 27.8 Å². The van der Waals surface area contributed by atoms with E-state index in [1.165, 1.54) is 0 Å². The van der Waals surface area contributed by atoms with Crippen molar-refractivity contribution in [2.24, 2.45) is 0 Å². The molecule has 64 valence electrons. The molecule has 0 N–H and O–H groups in total. The Bertz CT molecular complexity index is 409. The van der Waals surface area contributed by atoms with Gasteiger partial charge in [-0.2, -0.15) is 5.26 Å². The summed E-state index contributed by atoms with van der Waals surface area (Å²) in [5.74, 6) is 5.55. The Kier molecular flexibility index (Phi) is 3.83. The van der Waals surface area contributed by atoms with Crippen molar-refractivity contribution in [3.05, 3.63) is 33.3 Å². The molecular formula is C10H5BrClN. The third-order valence-corrected chi connectivity index (χ3v) is 2.55. The Hall–Kier alpha value is -0.960. The Morgan fingerprint density at radius 2 is 2.23 bits per heavy atom. The molecule has 13 heavy (non-hydrogen) atoms. The zero-order chi connectivity index (χ0) is 9.68. The molecule has 0 unspecified atom stereocenters. The number of nitriles is 1. The Labute approximate surface area is 90.5 Å². The van der Waals surface area contributed by atoms with E-state index in [1.54, 1.807) is 6.07 Å². The Morgan fingerprint density at radius 1 is 1.46 bits per heavy atom. The summed E-state index contributed by atoms with van der Waals surface area (Å²) in [7, 11) is 0. The van der Waals surface area contributed by atoms with E-state index in [9.17, 15) is 0 Å². The third kappa shape index (κ3) is 3.11. The van der Waals surface area contributed by atoms with Gasteiger partial charge >= 0.3 is 0 Å². The fourth-order valence-electron chi connectivity index (χ4n) is 0.760. The molecule has 0 saturated heterocycles. The molecule has 1 aromatic rings. The molecule has 0 aliphatic heterocycles. The second-order valence-corrected chi connectivity index (χ2v) is 3.53. The fraction of sp³-hybridized carbons (Fsp3) is 0.100. The molecule has 0 aliphatic carbocycles. The van der Waals surface area contributed by atoms with Gasteiger partial charge in [0, 0.05) is 10.0 Å². The van der Waals surface area contributed by atoms with Gasteiger partial charge in [-0.15, -0.1) is 0 Å². The van der Waals surface area contributed by atoms with Gasteiger partial charge in [0.1, 0.15) is 0 Å². The summed E-state index contributed by atoms with van der Waals surface area (Å²) >= 11 is 9.13. The first-order valence-electron chi connectivity index (χ1n) is 3.55. The molecule has 0 atom stereocenters. The highest BCUT2D eigenvalue weighted by molar-refractivity contribution is 9.10.